The first-order valence-electron chi connectivity index (χ1n) is 12.0. The number of carbonyl (C=O) groups excluding carboxylic acids is 2. The van der Waals surface area contributed by atoms with E-state index in [2.05, 4.69) is 10.3 Å². The van der Waals surface area contributed by atoms with Crippen LogP contribution in [0.1, 0.15) is 16.0 Å². The van der Waals surface area contributed by atoms with Crippen molar-refractivity contribution in [2.45, 2.75) is 18.1 Å². The average Bonchev–Trinajstić information content (AvgIpc) is 3.51. The number of benzene rings is 3. The number of anilines is 2. The van der Waals surface area contributed by atoms with Crippen LogP contribution in [-0.2, 0) is 22.4 Å². The zero-order valence-corrected chi connectivity index (χ0v) is 24.5. The number of nitrogens with zero attached hydrogens (tertiary/aromatic N) is 3. The van der Waals surface area contributed by atoms with Gasteiger partial charge >= 0.3 is 0 Å². The molecule has 3 aromatic carbocycles. The standard InChI is InChI=1S/C29H19Cl3N4O2S2/c30-19-8-4-6-17(12-19)13-21-16-34-29(39-21)35-26(37)22(15-33)28-36(20-9-2-1-3-10-20)27(38)24(40-28)14-18-7-5-11-23(31)25(18)32/h1-12,16,24H,13-14H2,(H,34,35,37)/b28-22-/t24-/m1/s1. The van der Waals surface area contributed by atoms with Crippen molar-refractivity contribution in [1.29, 1.82) is 5.26 Å². The van der Waals surface area contributed by atoms with Crippen molar-refractivity contribution in [2.24, 2.45) is 0 Å². The van der Waals surface area contributed by atoms with Gasteiger partial charge in [0.05, 0.1) is 15.3 Å². The van der Waals surface area contributed by atoms with Crippen molar-refractivity contribution in [1.82, 2.24) is 4.98 Å². The summed E-state index contributed by atoms with van der Waals surface area (Å²) in [5, 5.41) is 14.2. The molecule has 5 rings (SSSR count). The first-order chi connectivity index (χ1) is 19.3. The lowest BCUT2D eigenvalue weighted by molar-refractivity contribution is -0.117. The SMILES string of the molecule is N#C/C(C(=O)Nc1ncc(Cc2cccc(Cl)c2)s1)=C1/S[C@H](Cc2cccc(Cl)c2Cl)C(=O)N1c1ccccc1. The minimum atomic E-state index is -0.649. The molecule has 0 radical (unpaired) electrons. The van der Waals surface area contributed by atoms with Gasteiger partial charge in [0.1, 0.15) is 16.7 Å². The van der Waals surface area contributed by atoms with Crippen LogP contribution in [0.2, 0.25) is 15.1 Å². The molecule has 0 spiro atoms. The van der Waals surface area contributed by atoms with E-state index in [1.807, 2.05) is 30.3 Å². The predicted molar refractivity (Wildman–Crippen MR) is 163 cm³/mol. The number of thiazole rings is 1. The molecule has 1 saturated heterocycles. The van der Waals surface area contributed by atoms with E-state index in [1.54, 1.807) is 54.7 Å². The molecule has 4 aromatic rings. The van der Waals surface area contributed by atoms with Crippen LogP contribution in [0.15, 0.2) is 89.6 Å². The van der Waals surface area contributed by atoms with Gasteiger partial charge in [-0.3, -0.25) is 19.8 Å². The number of halogens is 3. The highest BCUT2D eigenvalue weighted by Crippen LogP contribution is 2.43. The zero-order chi connectivity index (χ0) is 28.2. The number of para-hydroxylation sites is 1. The number of aromatic nitrogens is 1. The van der Waals surface area contributed by atoms with Gasteiger partial charge in [0.2, 0.25) is 5.91 Å². The number of nitrogens with one attached hydrogen (secondary N) is 1. The summed E-state index contributed by atoms with van der Waals surface area (Å²) in [5.74, 6) is -0.912. The van der Waals surface area contributed by atoms with E-state index in [4.69, 9.17) is 34.8 Å². The summed E-state index contributed by atoms with van der Waals surface area (Å²) in [6.07, 6.45) is 2.55. The second-order valence-electron chi connectivity index (χ2n) is 8.72. The van der Waals surface area contributed by atoms with E-state index >= 15 is 0 Å². The van der Waals surface area contributed by atoms with E-state index in [-0.39, 0.29) is 22.9 Å². The number of rotatable bonds is 7. The molecule has 0 unspecified atom stereocenters. The summed E-state index contributed by atoms with van der Waals surface area (Å²) in [5.41, 5.74) is 2.08. The molecule has 1 aliphatic heterocycles. The quantitative estimate of drug-likeness (QED) is 0.168. The Balaban J connectivity index is 1.43. The first-order valence-corrected chi connectivity index (χ1v) is 14.8. The fourth-order valence-electron chi connectivity index (χ4n) is 4.16. The van der Waals surface area contributed by atoms with Crippen LogP contribution in [0, 0.1) is 11.3 Å². The Morgan fingerprint density at radius 1 is 1.05 bits per heavy atom. The van der Waals surface area contributed by atoms with Crippen LogP contribution < -0.4 is 10.2 Å². The summed E-state index contributed by atoms with van der Waals surface area (Å²) in [4.78, 5) is 33.6. The van der Waals surface area contributed by atoms with Crippen molar-refractivity contribution in [3.63, 3.8) is 0 Å². The highest BCUT2D eigenvalue weighted by molar-refractivity contribution is 8.05. The fraction of sp³-hybridized carbons (Fsp3) is 0.103. The number of thioether (sulfide) groups is 1. The molecule has 200 valence electrons. The highest BCUT2D eigenvalue weighted by atomic mass is 35.5. The van der Waals surface area contributed by atoms with Crippen molar-refractivity contribution in [3.8, 4) is 6.07 Å². The number of hydrogen-bond acceptors (Lipinski definition) is 6. The average molecular weight is 626 g/mol. The molecular weight excluding hydrogens is 607 g/mol. The predicted octanol–water partition coefficient (Wildman–Crippen LogP) is 7.76. The molecule has 11 heteroatoms. The monoisotopic (exact) mass is 624 g/mol. The lowest BCUT2D eigenvalue weighted by atomic mass is 10.1. The molecule has 0 bridgehead atoms. The van der Waals surface area contributed by atoms with Gasteiger partial charge in [-0.25, -0.2) is 4.98 Å². The van der Waals surface area contributed by atoms with Crippen molar-refractivity contribution in [3.05, 3.63) is 121 Å². The number of amides is 2. The largest absolute Gasteiger partial charge is 0.297 e. The van der Waals surface area contributed by atoms with Crippen LogP contribution >= 0.6 is 57.9 Å². The Hall–Kier alpha value is -3.32. The van der Waals surface area contributed by atoms with Crippen LogP contribution in [0.3, 0.4) is 0 Å². The molecule has 6 nitrogen and oxygen atoms in total. The van der Waals surface area contributed by atoms with Gasteiger partial charge in [0, 0.05) is 28.2 Å². The lowest BCUT2D eigenvalue weighted by Gasteiger charge is -2.18. The van der Waals surface area contributed by atoms with E-state index in [0.717, 1.165) is 22.2 Å². The van der Waals surface area contributed by atoms with Gasteiger partial charge in [-0.15, -0.1) is 11.3 Å². The molecule has 40 heavy (non-hydrogen) atoms. The van der Waals surface area contributed by atoms with Crippen molar-refractivity contribution >= 4 is 80.5 Å². The Bertz CT molecular complexity index is 1670. The first kappa shape index (κ1) is 28.2. The molecule has 1 fully saturated rings. The lowest BCUT2D eigenvalue weighted by Crippen LogP contribution is -2.30. The van der Waals surface area contributed by atoms with Crippen molar-refractivity contribution < 1.29 is 9.59 Å². The summed E-state index contributed by atoms with van der Waals surface area (Å²) >= 11 is 21.1. The molecule has 0 saturated carbocycles. The molecule has 0 aliphatic carbocycles. The third kappa shape index (κ3) is 6.20. The maximum absolute atomic E-state index is 13.7. The van der Waals surface area contributed by atoms with E-state index in [1.165, 1.54) is 16.2 Å². The third-order valence-electron chi connectivity index (χ3n) is 6.00. The van der Waals surface area contributed by atoms with Gasteiger partial charge in [0.25, 0.3) is 5.91 Å². The minimum absolute atomic E-state index is 0.187. The maximum Gasteiger partial charge on any atom is 0.270 e. The Kier molecular flexibility index (Phi) is 8.79. The summed E-state index contributed by atoms with van der Waals surface area (Å²) in [6, 6.07) is 23.7. The van der Waals surface area contributed by atoms with Gasteiger partial charge in [-0.2, -0.15) is 5.26 Å². The van der Waals surface area contributed by atoms with Crippen LogP contribution in [0.4, 0.5) is 10.8 Å². The molecule has 1 N–H and O–H groups in total. The van der Waals surface area contributed by atoms with Crippen molar-refractivity contribution in [2.75, 3.05) is 10.2 Å². The van der Waals surface area contributed by atoms with Crippen LogP contribution in [0.25, 0.3) is 0 Å². The molecule has 1 aromatic heterocycles. The number of carbonyl (C=O) groups is 2. The van der Waals surface area contributed by atoms with Gasteiger partial charge in [-0.05, 0) is 47.9 Å². The molecule has 2 heterocycles. The summed E-state index contributed by atoms with van der Waals surface area (Å²) in [6.45, 7) is 0. The topological polar surface area (TPSA) is 86.1 Å². The van der Waals surface area contributed by atoms with E-state index < -0.39 is 11.2 Å². The van der Waals surface area contributed by atoms with Crippen LogP contribution in [0.5, 0.6) is 0 Å². The van der Waals surface area contributed by atoms with Gasteiger partial charge in [0.15, 0.2) is 5.13 Å². The second kappa shape index (κ2) is 12.5. The molecule has 1 aliphatic rings. The Morgan fingerprint density at radius 2 is 1.82 bits per heavy atom. The minimum Gasteiger partial charge on any atom is -0.297 e. The molecule has 1 atom stereocenters. The van der Waals surface area contributed by atoms with E-state index in [9.17, 15) is 14.9 Å². The normalized spacial score (nSPS) is 16.1. The Morgan fingerprint density at radius 3 is 2.58 bits per heavy atom. The highest BCUT2D eigenvalue weighted by Gasteiger charge is 2.41. The summed E-state index contributed by atoms with van der Waals surface area (Å²) < 4.78 is 0. The second-order valence-corrected chi connectivity index (χ2v) is 12.2. The van der Waals surface area contributed by atoms with E-state index in [0.29, 0.717) is 37.9 Å². The molecular formula is C29H19Cl3N4O2S2. The maximum atomic E-state index is 13.7. The van der Waals surface area contributed by atoms with Crippen LogP contribution in [-0.4, -0.2) is 22.0 Å². The van der Waals surface area contributed by atoms with Gasteiger partial charge < -0.3 is 0 Å². The third-order valence-corrected chi connectivity index (χ3v) is 9.27. The molecule has 2 amide bonds. The zero-order valence-electron chi connectivity index (χ0n) is 20.6. The van der Waals surface area contributed by atoms with Gasteiger partial charge in [-0.1, -0.05) is 89.0 Å². The smallest absolute Gasteiger partial charge is 0.270 e. The summed E-state index contributed by atoms with van der Waals surface area (Å²) in [7, 11) is 0. The number of hydrogen-bond donors (Lipinski definition) is 1. The fourth-order valence-corrected chi connectivity index (χ4v) is 6.91. The Labute approximate surface area is 254 Å². The number of nitriles is 1.